The van der Waals surface area contributed by atoms with Crippen LogP contribution in [0.2, 0.25) is 0 Å². The number of rotatable bonds is 2. The second kappa shape index (κ2) is 5.64. The molecule has 0 aromatic heterocycles. The van der Waals surface area contributed by atoms with E-state index in [0.29, 0.717) is 13.2 Å². The molecule has 1 unspecified atom stereocenters. The van der Waals surface area contributed by atoms with Gasteiger partial charge in [0.2, 0.25) is 0 Å². The van der Waals surface area contributed by atoms with Gasteiger partial charge in [-0.05, 0) is 12.0 Å². The van der Waals surface area contributed by atoms with Crippen molar-refractivity contribution in [2.75, 3.05) is 19.7 Å². The molecule has 1 aliphatic rings. The smallest absolute Gasteiger partial charge is 0.156 e. The van der Waals surface area contributed by atoms with Gasteiger partial charge in [-0.15, -0.1) is 0 Å². The summed E-state index contributed by atoms with van der Waals surface area (Å²) in [5.41, 5.74) is 1.29. The van der Waals surface area contributed by atoms with Gasteiger partial charge in [-0.3, -0.25) is 4.90 Å². The summed E-state index contributed by atoms with van der Waals surface area (Å²) in [5, 5.41) is 8.90. The van der Waals surface area contributed by atoms with Crippen molar-refractivity contribution >= 4 is 0 Å². The summed E-state index contributed by atoms with van der Waals surface area (Å²) < 4.78 is 5.42. The molecule has 0 radical (unpaired) electrons. The van der Waals surface area contributed by atoms with Gasteiger partial charge in [-0.1, -0.05) is 30.3 Å². The van der Waals surface area contributed by atoms with E-state index >= 15 is 0 Å². The summed E-state index contributed by atoms with van der Waals surface area (Å²) in [4.78, 5) is 2.29. The van der Waals surface area contributed by atoms with Crippen LogP contribution in [-0.4, -0.2) is 30.7 Å². The maximum Gasteiger partial charge on any atom is 0.156 e. The monoisotopic (exact) mass is 216 g/mol. The summed E-state index contributed by atoms with van der Waals surface area (Å²) >= 11 is 0. The Morgan fingerprint density at radius 3 is 2.94 bits per heavy atom. The molecule has 0 bridgehead atoms. The first-order valence-electron chi connectivity index (χ1n) is 5.66. The van der Waals surface area contributed by atoms with E-state index in [4.69, 9.17) is 10.00 Å². The molecule has 0 N–H and O–H groups in total. The van der Waals surface area contributed by atoms with Gasteiger partial charge < -0.3 is 4.74 Å². The zero-order chi connectivity index (χ0) is 11.2. The third-order valence-electron chi connectivity index (χ3n) is 2.75. The summed E-state index contributed by atoms with van der Waals surface area (Å²) in [5.74, 6) is 0. The fourth-order valence-electron chi connectivity index (χ4n) is 1.96. The molecule has 3 heteroatoms. The number of hydrogen-bond donors (Lipinski definition) is 0. The number of benzene rings is 1. The average molecular weight is 216 g/mol. The van der Waals surface area contributed by atoms with Crippen molar-refractivity contribution in [3.8, 4) is 6.07 Å². The topological polar surface area (TPSA) is 36.3 Å². The maximum absolute atomic E-state index is 8.90. The van der Waals surface area contributed by atoms with Crippen LogP contribution in [0.5, 0.6) is 0 Å². The highest BCUT2D eigenvalue weighted by molar-refractivity contribution is 5.14. The molecule has 3 nitrogen and oxygen atoms in total. The van der Waals surface area contributed by atoms with Gasteiger partial charge in [-0.25, -0.2) is 0 Å². The fraction of sp³-hybridized carbons (Fsp3) is 0.462. The van der Waals surface area contributed by atoms with E-state index < -0.39 is 0 Å². The summed E-state index contributed by atoms with van der Waals surface area (Å²) in [6, 6.07) is 12.5. The normalized spacial score (nSPS) is 22.3. The van der Waals surface area contributed by atoms with Crippen molar-refractivity contribution in [3.63, 3.8) is 0 Å². The molecule has 1 aliphatic heterocycles. The van der Waals surface area contributed by atoms with E-state index in [0.717, 1.165) is 19.5 Å². The van der Waals surface area contributed by atoms with Crippen LogP contribution in [0.1, 0.15) is 12.0 Å². The van der Waals surface area contributed by atoms with E-state index in [9.17, 15) is 0 Å². The van der Waals surface area contributed by atoms with Crippen molar-refractivity contribution in [3.05, 3.63) is 35.9 Å². The average Bonchev–Trinajstić information content (AvgIpc) is 2.55. The van der Waals surface area contributed by atoms with Crippen molar-refractivity contribution in [2.24, 2.45) is 0 Å². The van der Waals surface area contributed by atoms with E-state index in [1.165, 1.54) is 5.56 Å². The predicted molar refractivity (Wildman–Crippen MR) is 61.7 cm³/mol. The Morgan fingerprint density at radius 2 is 2.19 bits per heavy atom. The second-order valence-electron chi connectivity index (χ2n) is 4.06. The molecular weight excluding hydrogens is 200 g/mol. The quantitative estimate of drug-likeness (QED) is 0.756. The van der Waals surface area contributed by atoms with Crippen molar-refractivity contribution < 1.29 is 4.74 Å². The molecule has 1 fully saturated rings. The fourth-order valence-corrected chi connectivity index (χ4v) is 1.96. The molecule has 1 aromatic rings. The highest BCUT2D eigenvalue weighted by Gasteiger charge is 2.17. The van der Waals surface area contributed by atoms with Gasteiger partial charge in [0.05, 0.1) is 6.07 Å². The van der Waals surface area contributed by atoms with Crippen LogP contribution >= 0.6 is 0 Å². The molecule has 1 atom stereocenters. The minimum absolute atomic E-state index is 0.272. The minimum atomic E-state index is -0.272. The van der Waals surface area contributed by atoms with E-state index in [1.54, 1.807) is 0 Å². The predicted octanol–water partition coefficient (Wildman–Crippen LogP) is 1.80. The lowest BCUT2D eigenvalue weighted by Gasteiger charge is -2.20. The Bertz CT molecular complexity index is 358. The van der Waals surface area contributed by atoms with Crippen LogP contribution in [0.15, 0.2) is 30.3 Å². The van der Waals surface area contributed by atoms with Gasteiger partial charge in [0, 0.05) is 26.2 Å². The standard InChI is InChI=1S/C13H16N2O/c14-9-13-11-15(7-4-8-16-13)10-12-5-2-1-3-6-12/h1-3,5-6,13H,4,7-8,10-11H2. The lowest BCUT2D eigenvalue weighted by atomic mass is 10.2. The van der Waals surface area contributed by atoms with E-state index in [-0.39, 0.29) is 6.10 Å². The molecule has 2 rings (SSSR count). The molecule has 0 aliphatic carbocycles. The Labute approximate surface area is 96.2 Å². The van der Waals surface area contributed by atoms with E-state index in [1.807, 2.05) is 18.2 Å². The minimum Gasteiger partial charge on any atom is -0.362 e. The first-order valence-corrected chi connectivity index (χ1v) is 5.66. The SMILES string of the molecule is N#CC1CN(Cc2ccccc2)CCCO1. The number of hydrogen-bond acceptors (Lipinski definition) is 3. The Hall–Kier alpha value is -1.37. The summed E-state index contributed by atoms with van der Waals surface area (Å²) in [6.45, 7) is 3.32. The highest BCUT2D eigenvalue weighted by atomic mass is 16.5. The van der Waals surface area contributed by atoms with Crippen molar-refractivity contribution in [2.45, 2.75) is 19.1 Å². The van der Waals surface area contributed by atoms with Crippen LogP contribution in [0.4, 0.5) is 0 Å². The number of ether oxygens (including phenoxy) is 1. The Kier molecular flexibility index (Phi) is 3.92. The van der Waals surface area contributed by atoms with Crippen LogP contribution in [0.3, 0.4) is 0 Å². The molecular formula is C13H16N2O. The molecule has 0 spiro atoms. The molecule has 16 heavy (non-hydrogen) atoms. The van der Waals surface area contributed by atoms with Crippen molar-refractivity contribution in [1.82, 2.24) is 4.90 Å². The van der Waals surface area contributed by atoms with Crippen LogP contribution in [0.25, 0.3) is 0 Å². The zero-order valence-electron chi connectivity index (χ0n) is 9.30. The van der Waals surface area contributed by atoms with Gasteiger partial charge in [-0.2, -0.15) is 5.26 Å². The molecule has 0 amide bonds. The first-order chi connectivity index (χ1) is 7.88. The lowest BCUT2D eigenvalue weighted by molar-refractivity contribution is 0.0914. The van der Waals surface area contributed by atoms with Gasteiger partial charge in [0.1, 0.15) is 0 Å². The summed E-state index contributed by atoms with van der Waals surface area (Å²) in [6.07, 6.45) is 0.733. The molecule has 1 heterocycles. The molecule has 84 valence electrons. The van der Waals surface area contributed by atoms with Crippen LogP contribution in [0, 0.1) is 11.3 Å². The lowest BCUT2D eigenvalue weighted by Crippen LogP contribution is -2.30. The van der Waals surface area contributed by atoms with E-state index in [2.05, 4.69) is 23.1 Å². The Balaban J connectivity index is 1.96. The molecule has 1 saturated heterocycles. The van der Waals surface area contributed by atoms with Crippen LogP contribution < -0.4 is 0 Å². The van der Waals surface area contributed by atoms with Crippen molar-refractivity contribution in [1.29, 1.82) is 5.26 Å². The largest absolute Gasteiger partial charge is 0.362 e. The van der Waals surface area contributed by atoms with Crippen LogP contribution in [-0.2, 0) is 11.3 Å². The third kappa shape index (κ3) is 3.06. The van der Waals surface area contributed by atoms with Gasteiger partial charge >= 0.3 is 0 Å². The molecule has 1 aromatic carbocycles. The highest BCUT2D eigenvalue weighted by Crippen LogP contribution is 2.10. The summed E-state index contributed by atoms with van der Waals surface area (Å²) in [7, 11) is 0. The number of nitrogens with zero attached hydrogens (tertiary/aromatic N) is 2. The maximum atomic E-state index is 8.90. The second-order valence-corrected chi connectivity index (χ2v) is 4.06. The number of nitriles is 1. The van der Waals surface area contributed by atoms with Gasteiger partial charge in [0.25, 0.3) is 0 Å². The third-order valence-corrected chi connectivity index (χ3v) is 2.75. The zero-order valence-corrected chi connectivity index (χ0v) is 9.30. The Morgan fingerprint density at radius 1 is 1.38 bits per heavy atom. The first kappa shape index (κ1) is 11.1. The molecule has 0 saturated carbocycles. The van der Waals surface area contributed by atoms with Gasteiger partial charge in [0.15, 0.2) is 6.10 Å².